The smallest absolute Gasteiger partial charge is 0.264 e. The molecule has 1 aromatic rings. The van der Waals surface area contributed by atoms with E-state index in [4.69, 9.17) is 10.5 Å². The molecule has 0 aromatic carbocycles. The first-order chi connectivity index (χ1) is 10.6. The Morgan fingerprint density at radius 2 is 2.27 bits per heavy atom. The number of carbonyl (C=O) groups excluding carboxylic acids is 2. The van der Waals surface area contributed by atoms with E-state index in [2.05, 4.69) is 0 Å². The molecule has 22 heavy (non-hydrogen) atoms. The Hall–Kier alpha value is -1.05. The van der Waals surface area contributed by atoms with Crippen LogP contribution in [-0.2, 0) is 4.74 Å². The first kappa shape index (κ1) is 15.8. The zero-order valence-corrected chi connectivity index (χ0v) is 14.0. The Morgan fingerprint density at radius 1 is 1.41 bits per heavy atom. The van der Waals surface area contributed by atoms with Crippen molar-refractivity contribution in [2.45, 2.75) is 31.4 Å². The van der Waals surface area contributed by atoms with E-state index in [9.17, 15) is 9.59 Å². The lowest BCUT2D eigenvalue weighted by atomic mass is 10.1. The first-order valence-corrected chi connectivity index (χ1v) is 9.57. The van der Waals surface area contributed by atoms with E-state index in [1.54, 1.807) is 11.4 Å². The van der Waals surface area contributed by atoms with E-state index in [1.807, 2.05) is 16.7 Å². The van der Waals surface area contributed by atoms with Crippen LogP contribution < -0.4 is 5.73 Å². The van der Waals surface area contributed by atoms with Crippen LogP contribution in [0.15, 0.2) is 11.4 Å². The van der Waals surface area contributed by atoms with E-state index in [0.717, 1.165) is 37.4 Å². The maximum Gasteiger partial charge on any atom is 0.264 e. The zero-order chi connectivity index (χ0) is 15.5. The van der Waals surface area contributed by atoms with Crippen molar-refractivity contribution in [1.29, 1.82) is 0 Å². The minimum atomic E-state index is -0.489. The summed E-state index contributed by atoms with van der Waals surface area (Å²) < 4.78 is 5.70. The summed E-state index contributed by atoms with van der Waals surface area (Å²) in [6.07, 6.45) is 3.25. The number of nitrogens with two attached hydrogens (primary N) is 1. The van der Waals surface area contributed by atoms with Gasteiger partial charge in [0, 0.05) is 30.3 Å². The molecule has 0 aliphatic carbocycles. The van der Waals surface area contributed by atoms with Gasteiger partial charge in [0.05, 0.1) is 16.5 Å². The van der Waals surface area contributed by atoms with Crippen LogP contribution in [-0.4, -0.2) is 53.5 Å². The monoisotopic (exact) mass is 340 g/mol. The van der Waals surface area contributed by atoms with Gasteiger partial charge in [-0.1, -0.05) is 0 Å². The highest BCUT2D eigenvalue weighted by molar-refractivity contribution is 7.99. The molecule has 0 spiro atoms. The molecule has 3 heterocycles. The SMILES string of the molecule is NC(=O)c1csc(C(=O)N(C[C@H]2CCCO2)[C@@H]2CCSC2)c1. The summed E-state index contributed by atoms with van der Waals surface area (Å²) in [6.45, 7) is 1.44. The summed E-state index contributed by atoms with van der Waals surface area (Å²) in [4.78, 5) is 26.6. The zero-order valence-electron chi connectivity index (χ0n) is 12.3. The number of thiophene rings is 1. The molecule has 0 saturated carbocycles. The minimum Gasteiger partial charge on any atom is -0.376 e. The van der Waals surface area contributed by atoms with Crippen LogP contribution in [0.1, 0.15) is 39.3 Å². The molecule has 7 heteroatoms. The Balaban J connectivity index is 1.76. The Bertz CT molecular complexity index is 549. The van der Waals surface area contributed by atoms with Crippen molar-refractivity contribution in [2.24, 2.45) is 5.73 Å². The lowest BCUT2D eigenvalue weighted by Gasteiger charge is -2.30. The fourth-order valence-corrected chi connectivity index (χ4v) is 4.97. The fraction of sp³-hybridized carbons (Fsp3) is 0.600. The van der Waals surface area contributed by atoms with Gasteiger partial charge in [-0.15, -0.1) is 11.3 Å². The third-order valence-corrected chi connectivity index (χ3v) is 6.19. The van der Waals surface area contributed by atoms with E-state index in [0.29, 0.717) is 17.0 Å². The molecule has 2 N–H and O–H groups in total. The molecule has 2 aliphatic rings. The quantitative estimate of drug-likeness (QED) is 0.889. The predicted molar refractivity (Wildman–Crippen MR) is 88.6 cm³/mol. The number of rotatable bonds is 5. The van der Waals surface area contributed by atoms with Gasteiger partial charge in [-0.3, -0.25) is 9.59 Å². The van der Waals surface area contributed by atoms with Gasteiger partial charge in [-0.25, -0.2) is 0 Å². The van der Waals surface area contributed by atoms with Gasteiger partial charge < -0.3 is 15.4 Å². The third kappa shape index (κ3) is 3.47. The number of amides is 2. The molecule has 2 saturated heterocycles. The molecule has 0 unspecified atom stereocenters. The molecule has 0 radical (unpaired) electrons. The number of nitrogens with zero attached hydrogens (tertiary/aromatic N) is 1. The van der Waals surface area contributed by atoms with E-state index in [-0.39, 0.29) is 18.1 Å². The average molecular weight is 340 g/mol. The normalized spacial score (nSPS) is 24.5. The molecule has 2 fully saturated rings. The lowest BCUT2D eigenvalue weighted by Crippen LogP contribution is -2.44. The maximum absolute atomic E-state index is 12.9. The Morgan fingerprint density at radius 3 is 2.86 bits per heavy atom. The number of hydrogen-bond donors (Lipinski definition) is 1. The van der Waals surface area contributed by atoms with E-state index >= 15 is 0 Å². The summed E-state index contributed by atoms with van der Waals surface area (Å²) in [5.74, 6) is 1.58. The predicted octanol–water partition coefficient (Wildman–Crippen LogP) is 1.97. The number of primary amides is 1. The van der Waals surface area contributed by atoms with Crippen LogP contribution in [0.5, 0.6) is 0 Å². The van der Waals surface area contributed by atoms with Crippen molar-refractivity contribution < 1.29 is 14.3 Å². The van der Waals surface area contributed by atoms with Gasteiger partial charge in [-0.2, -0.15) is 11.8 Å². The Kier molecular flexibility index (Phi) is 5.05. The van der Waals surface area contributed by atoms with Crippen LogP contribution in [0.2, 0.25) is 0 Å². The van der Waals surface area contributed by atoms with E-state index in [1.165, 1.54) is 11.3 Å². The summed E-state index contributed by atoms with van der Waals surface area (Å²) in [7, 11) is 0. The summed E-state index contributed by atoms with van der Waals surface area (Å²) in [5, 5.41) is 1.66. The molecule has 1 aromatic heterocycles. The van der Waals surface area contributed by atoms with Crippen molar-refractivity contribution in [3.63, 3.8) is 0 Å². The first-order valence-electron chi connectivity index (χ1n) is 7.54. The molecule has 5 nitrogen and oxygen atoms in total. The second-order valence-corrected chi connectivity index (χ2v) is 7.73. The van der Waals surface area contributed by atoms with Crippen molar-refractivity contribution in [3.05, 3.63) is 21.9 Å². The van der Waals surface area contributed by atoms with E-state index < -0.39 is 5.91 Å². The third-order valence-electron chi connectivity index (χ3n) is 4.13. The molecule has 2 amide bonds. The number of thioether (sulfide) groups is 1. The summed E-state index contributed by atoms with van der Waals surface area (Å²) >= 11 is 3.18. The van der Waals surface area contributed by atoms with Crippen LogP contribution >= 0.6 is 23.1 Å². The highest BCUT2D eigenvalue weighted by atomic mass is 32.2. The van der Waals surface area contributed by atoms with Crippen LogP contribution in [0.4, 0.5) is 0 Å². The number of hydrogen-bond acceptors (Lipinski definition) is 5. The molecule has 120 valence electrons. The number of ether oxygens (including phenoxy) is 1. The lowest BCUT2D eigenvalue weighted by molar-refractivity contribution is 0.0445. The molecule has 2 aliphatic heterocycles. The highest BCUT2D eigenvalue weighted by Gasteiger charge is 2.31. The van der Waals surface area contributed by atoms with Gasteiger partial charge >= 0.3 is 0 Å². The molecular weight excluding hydrogens is 320 g/mol. The summed E-state index contributed by atoms with van der Waals surface area (Å²) in [5.41, 5.74) is 5.69. The largest absolute Gasteiger partial charge is 0.376 e. The van der Waals surface area contributed by atoms with Gasteiger partial charge in [-0.05, 0) is 31.1 Å². The van der Waals surface area contributed by atoms with Crippen molar-refractivity contribution >= 4 is 34.9 Å². The maximum atomic E-state index is 12.9. The van der Waals surface area contributed by atoms with Crippen molar-refractivity contribution in [1.82, 2.24) is 4.90 Å². The van der Waals surface area contributed by atoms with Gasteiger partial charge in [0.25, 0.3) is 5.91 Å². The molecule has 2 atom stereocenters. The van der Waals surface area contributed by atoms with Gasteiger partial charge in [0.1, 0.15) is 0 Å². The average Bonchev–Trinajstić information content (AvgIpc) is 3.24. The topological polar surface area (TPSA) is 72.6 Å². The second kappa shape index (κ2) is 7.02. The summed E-state index contributed by atoms with van der Waals surface area (Å²) in [6, 6.07) is 1.88. The van der Waals surface area contributed by atoms with Crippen LogP contribution in [0.25, 0.3) is 0 Å². The highest BCUT2D eigenvalue weighted by Crippen LogP contribution is 2.27. The van der Waals surface area contributed by atoms with Crippen molar-refractivity contribution in [2.75, 3.05) is 24.7 Å². The molecule has 3 rings (SSSR count). The van der Waals surface area contributed by atoms with Crippen LogP contribution in [0, 0.1) is 0 Å². The van der Waals surface area contributed by atoms with Crippen LogP contribution in [0.3, 0.4) is 0 Å². The van der Waals surface area contributed by atoms with Gasteiger partial charge in [0.2, 0.25) is 5.91 Å². The fourth-order valence-electron chi connectivity index (χ4n) is 2.89. The second-order valence-electron chi connectivity index (χ2n) is 5.67. The minimum absolute atomic E-state index is 0.000463. The number of carbonyl (C=O) groups is 2. The standard InChI is InChI=1S/C15H20N2O3S2/c16-14(18)10-6-13(22-8-10)15(19)17(11-3-5-21-9-11)7-12-2-1-4-20-12/h6,8,11-12H,1-5,7,9H2,(H2,16,18)/t11-,12-/m1/s1. The molecular formula is C15H20N2O3S2. The van der Waals surface area contributed by atoms with Crippen molar-refractivity contribution in [3.8, 4) is 0 Å². The Labute approximate surface area is 138 Å². The van der Waals surface area contributed by atoms with Gasteiger partial charge in [0.15, 0.2) is 0 Å². The molecule has 0 bridgehead atoms.